The summed E-state index contributed by atoms with van der Waals surface area (Å²) in [4.78, 5) is 11.5. The molecule has 0 atom stereocenters. The van der Waals surface area contributed by atoms with Crippen molar-refractivity contribution in [3.8, 4) is 0 Å². The van der Waals surface area contributed by atoms with E-state index in [9.17, 15) is 18.0 Å². The molecule has 0 aliphatic carbocycles. The first-order chi connectivity index (χ1) is 7.52. The Morgan fingerprint density at radius 1 is 1.41 bits per heavy atom. The first-order valence-electron chi connectivity index (χ1n) is 4.56. The minimum absolute atomic E-state index is 0.152. The Labute approximate surface area is 109 Å². The van der Waals surface area contributed by atoms with E-state index >= 15 is 0 Å². The van der Waals surface area contributed by atoms with Crippen molar-refractivity contribution in [2.45, 2.75) is 32.5 Å². The number of hydrogen-bond donors (Lipinski definition) is 0. The van der Waals surface area contributed by atoms with Crippen LogP contribution in [0.25, 0.3) is 0 Å². The van der Waals surface area contributed by atoms with Gasteiger partial charge in [0, 0.05) is 0 Å². The lowest BCUT2D eigenvalue weighted by atomic mass is 10.2. The number of aromatic nitrogens is 2. The molecule has 0 radical (unpaired) electrons. The number of carbonyl (C=O) groups is 1. The molecule has 1 rings (SSSR count). The second kappa shape index (κ2) is 4.46. The Hall–Kier alpha value is -0.800. The molecule has 0 N–H and O–H groups in total. The molecule has 0 spiro atoms. The lowest BCUT2D eigenvalue weighted by molar-refractivity contribution is -0.144. The highest BCUT2D eigenvalue weighted by molar-refractivity contribution is 14.1. The van der Waals surface area contributed by atoms with Crippen molar-refractivity contribution >= 4 is 28.7 Å². The maximum atomic E-state index is 12.7. The fraction of sp³-hybridized carbons (Fsp3) is 0.556. The Balaban J connectivity index is 3.12. The van der Waals surface area contributed by atoms with Gasteiger partial charge >= 0.3 is 12.3 Å². The third-order valence-corrected chi connectivity index (χ3v) is 2.35. The molecular weight excluding hydrogens is 352 g/mol. The molecule has 0 aromatic carbocycles. The van der Waals surface area contributed by atoms with Crippen molar-refractivity contribution in [3.05, 3.63) is 15.5 Å². The van der Waals surface area contributed by atoms with Crippen LogP contribution in [0.4, 0.5) is 18.0 Å². The largest absolute Gasteiger partial charge is 0.442 e. The molecule has 0 saturated heterocycles. The van der Waals surface area contributed by atoms with Gasteiger partial charge < -0.3 is 4.74 Å². The first-order valence-corrected chi connectivity index (χ1v) is 5.64. The van der Waals surface area contributed by atoms with E-state index in [1.165, 1.54) is 22.6 Å². The number of alkyl halides is 3. The number of hydrogen-bond acceptors (Lipinski definition) is 3. The number of ether oxygens (including phenoxy) is 1. The highest BCUT2D eigenvalue weighted by Crippen LogP contribution is 2.32. The van der Waals surface area contributed by atoms with E-state index < -0.39 is 23.6 Å². The summed E-state index contributed by atoms with van der Waals surface area (Å²) < 4.78 is 42.9. The van der Waals surface area contributed by atoms with Gasteiger partial charge in [-0.15, -0.1) is 0 Å². The van der Waals surface area contributed by atoms with Gasteiger partial charge in [0.1, 0.15) is 5.60 Å². The van der Waals surface area contributed by atoms with Crippen molar-refractivity contribution < 1.29 is 22.7 Å². The van der Waals surface area contributed by atoms with Crippen molar-refractivity contribution in [2.75, 3.05) is 0 Å². The topological polar surface area (TPSA) is 44.1 Å². The van der Waals surface area contributed by atoms with Gasteiger partial charge in [0.2, 0.25) is 0 Å². The lowest BCUT2D eigenvalue weighted by Gasteiger charge is -2.20. The fourth-order valence-corrected chi connectivity index (χ4v) is 1.69. The predicted octanol–water partition coefficient (Wildman–Crippen LogP) is 3.29. The lowest BCUT2D eigenvalue weighted by Crippen LogP contribution is -2.30. The fourth-order valence-electron chi connectivity index (χ4n) is 1.03. The molecule has 4 nitrogen and oxygen atoms in total. The predicted molar refractivity (Wildman–Crippen MR) is 61.6 cm³/mol. The molecular formula is C9H10F3IN2O2. The summed E-state index contributed by atoms with van der Waals surface area (Å²) in [6.45, 7) is 4.69. The number of halogens is 4. The minimum atomic E-state index is -4.65. The molecule has 1 aromatic rings. The molecule has 0 fully saturated rings. The first kappa shape index (κ1) is 14.3. The van der Waals surface area contributed by atoms with Crippen LogP contribution in [0, 0.1) is 3.57 Å². The summed E-state index contributed by atoms with van der Waals surface area (Å²) in [7, 11) is 0. The second-order valence-electron chi connectivity index (χ2n) is 4.23. The number of carbonyl (C=O) groups excluding carboxylic acids is 1. The van der Waals surface area contributed by atoms with Crippen LogP contribution in [0.2, 0.25) is 0 Å². The van der Waals surface area contributed by atoms with E-state index in [4.69, 9.17) is 4.74 Å². The smallest absolute Gasteiger partial charge is 0.435 e. The zero-order chi connectivity index (χ0) is 13.4. The zero-order valence-electron chi connectivity index (χ0n) is 9.30. The molecule has 0 amide bonds. The molecule has 0 aliphatic heterocycles. The molecule has 0 unspecified atom stereocenters. The van der Waals surface area contributed by atoms with Gasteiger partial charge in [0.05, 0.1) is 9.77 Å². The van der Waals surface area contributed by atoms with Crippen molar-refractivity contribution in [1.82, 2.24) is 9.78 Å². The summed E-state index contributed by atoms with van der Waals surface area (Å²) in [6, 6.07) is 0. The van der Waals surface area contributed by atoms with Gasteiger partial charge in [-0.3, -0.25) is 0 Å². The second-order valence-corrected chi connectivity index (χ2v) is 5.39. The van der Waals surface area contributed by atoms with Crippen LogP contribution in [0.15, 0.2) is 6.20 Å². The molecule has 96 valence electrons. The van der Waals surface area contributed by atoms with Gasteiger partial charge in [0.25, 0.3) is 0 Å². The van der Waals surface area contributed by atoms with Gasteiger partial charge in [-0.05, 0) is 43.4 Å². The van der Waals surface area contributed by atoms with Crippen molar-refractivity contribution in [2.24, 2.45) is 0 Å². The standard InChI is InChI=1S/C9H10F3IN2O2/c1-8(2,3)17-7(16)15-6(9(10,11)12)5(13)4-14-15/h4H,1-3H3. The molecule has 8 heteroatoms. The molecule has 1 aromatic heterocycles. The Morgan fingerprint density at radius 2 is 1.94 bits per heavy atom. The highest BCUT2D eigenvalue weighted by Gasteiger charge is 2.40. The normalized spacial score (nSPS) is 12.6. The van der Waals surface area contributed by atoms with E-state index in [1.54, 1.807) is 20.8 Å². The summed E-state index contributed by atoms with van der Waals surface area (Å²) in [5, 5.41) is 3.38. The summed E-state index contributed by atoms with van der Waals surface area (Å²) in [6.07, 6.45) is -4.83. The van der Waals surface area contributed by atoms with Crippen LogP contribution in [0.3, 0.4) is 0 Å². The summed E-state index contributed by atoms with van der Waals surface area (Å²) in [5.41, 5.74) is -2.00. The van der Waals surface area contributed by atoms with E-state index in [0.29, 0.717) is 0 Å². The maximum absolute atomic E-state index is 12.7. The van der Waals surface area contributed by atoms with Gasteiger partial charge in [-0.1, -0.05) is 0 Å². The van der Waals surface area contributed by atoms with E-state index in [1.807, 2.05) is 0 Å². The zero-order valence-corrected chi connectivity index (χ0v) is 11.5. The van der Waals surface area contributed by atoms with Crippen LogP contribution in [0.1, 0.15) is 26.5 Å². The third-order valence-electron chi connectivity index (χ3n) is 1.56. The van der Waals surface area contributed by atoms with E-state index in [-0.39, 0.29) is 8.25 Å². The van der Waals surface area contributed by atoms with Gasteiger partial charge in [0.15, 0.2) is 5.69 Å². The number of nitrogens with zero attached hydrogens (tertiary/aromatic N) is 2. The quantitative estimate of drug-likeness (QED) is 0.666. The maximum Gasteiger partial charge on any atom is 0.435 e. The Kier molecular flexibility index (Phi) is 3.75. The van der Waals surface area contributed by atoms with Crippen molar-refractivity contribution in [3.63, 3.8) is 0 Å². The summed E-state index contributed by atoms with van der Waals surface area (Å²) >= 11 is 1.47. The van der Waals surface area contributed by atoms with Gasteiger partial charge in [-0.25, -0.2) is 4.79 Å². The highest BCUT2D eigenvalue weighted by atomic mass is 127. The van der Waals surface area contributed by atoms with Crippen LogP contribution in [-0.4, -0.2) is 21.5 Å². The van der Waals surface area contributed by atoms with Gasteiger partial charge in [-0.2, -0.15) is 23.0 Å². The molecule has 0 aliphatic rings. The molecule has 17 heavy (non-hydrogen) atoms. The summed E-state index contributed by atoms with van der Waals surface area (Å²) in [5.74, 6) is 0. The average molecular weight is 362 g/mol. The minimum Gasteiger partial charge on any atom is -0.442 e. The Bertz CT molecular complexity index is 434. The number of rotatable bonds is 0. The van der Waals surface area contributed by atoms with Crippen LogP contribution in [-0.2, 0) is 10.9 Å². The average Bonchev–Trinajstić information content (AvgIpc) is 2.42. The molecule has 0 saturated carbocycles. The third kappa shape index (κ3) is 3.58. The van der Waals surface area contributed by atoms with Crippen LogP contribution in [0.5, 0.6) is 0 Å². The SMILES string of the molecule is CC(C)(C)OC(=O)n1ncc(I)c1C(F)(F)F. The Morgan fingerprint density at radius 3 is 2.35 bits per heavy atom. The van der Waals surface area contributed by atoms with Crippen LogP contribution < -0.4 is 0 Å². The van der Waals surface area contributed by atoms with E-state index in [0.717, 1.165) is 6.20 Å². The monoisotopic (exact) mass is 362 g/mol. The molecule has 1 heterocycles. The van der Waals surface area contributed by atoms with Crippen molar-refractivity contribution in [1.29, 1.82) is 0 Å². The van der Waals surface area contributed by atoms with E-state index in [2.05, 4.69) is 5.10 Å². The van der Waals surface area contributed by atoms with Crippen LogP contribution >= 0.6 is 22.6 Å². The molecule has 0 bridgehead atoms.